The summed E-state index contributed by atoms with van der Waals surface area (Å²) in [5.74, 6) is -0.215. The van der Waals surface area contributed by atoms with Crippen molar-refractivity contribution in [2.24, 2.45) is 7.05 Å². The summed E-state index contributed by atoms with van der Waals surface area (Å²) in [6.07, 6.45) is 2.43. The van der Waals surface area contributed by atoms with Crippen LogP contribution in [0.5, 0.6) is 0 Å². The summed E-state index contributed by atoms with van der Waals surface area (Å²) in [5, 5.41) is 15.4. The molecule has 1 aliphatic rings. The first-order valence-electron chi connectivity index (χ1n) is 6.14. The van der Waals surface area contributed by atoms with Crippen molar-refractivity contribution < 1.29 is 4.39 Å². The van der Waals surface area contributed by atoms with Crippen LogP contribution in [0.4, 0.5) is 4.39 Å². The van der Waals surface area contributed by atoms with Gasteiger partial charge in [-0.1, -0.05) is 0 Å². The second-order valence-electron chi connectivity index (χ2n) is 4.59. The molecule has 0 radical (unpaired) electrons. The van der Waals surface area contributed by atoms with Crippen LogP contribution in [0.3, 0.4) is 0 Å². The van der Waals surface area contributed by atoms with E-state index in [1.54, 1.807) is 23.9 Å². The Labute approximate surface area is 114 Å². The molecule has 0 spiro atoms. The zero-order chi connectivity index (χ0) is 13.2. The lowest BCUT2D eigenvalue weighted by Gasteiger charge is -2.09. The summed E-state index contributed by atoms with van der Waals surface area (Å²) in [4.78, 5) is 0.979. The van der Waals surface area contributed by atoms with Crippen LogP contribution < -0.4 is 5.32 Å². The quantitative estimate of drug-likeness (QED) is 0.903. The van der Waals surface area contributed by atoms with Crippen molar-refractivity contribution in [2.75, 3.05) is 0 Å². The Bertz CT molecular complexity index is 581. The number of nitrogens with zero attached hydrogens (tertiary/aromatic N) is 4. The maximum absolute atomic E-state index is 13.4. The van der Waals surface area contributed by atoms with Crippen LogP contribution in [0, 0.1) is 5.82 Å². The third-order valence-corrected chi connectivity index (χ3v) is 4.11. The van der Waals surface area contributed by atoms with Gasteiger partial charge >= 0.3 is 0 Å². The van der Waals surface area contributed by atoms with E-state index in [0.717, 1.165) is 10.5 Å². The number of rotatable bonds is 5. The summed E-state index contributed by atoms with van der Waals surface area (Å²) in [5.41, 5.74) is 0.944. The lowest BCUT2D eigenvalue weighted by atomic mass is 10.2. The van der Waals surface area contributed by atoms with Crippen LogP contribution in [-0.4, -0.2) is 26.2 Å². The van der Waals surface area contributed by atoms with Crippen molar-refractivity contribution >= 4 is 11.8 Å². The molecule has 0 aliphatic heterocycles. The second kappa shape index (κ2) is 5.26. The molecule has 1 aromatic heterocycles. The van der Waals surface area contributed by atoms with E-state index < -0.39 is 0 Å². The van der Waals surface area contributed by atoms with Gasteiger partial charge in [0.2, 0.25) is 5.16 Å². The lowest BCUT2D eigenvalue weighted by molar-refractivity contribution is 0.615. The number of nitrogens with one attached hydrogen (secondary N) is 1. The molecular weight excluding hydrogens is 265 g/mol. The highest BCUT2D eigenvalue weighted by atomic mass is 32.2. The Morgan fingerprint density at radius 2 is 2.32 bits per heavy atom. The first kappa shape index (κ1) is 12.6. The van der Waals surface area contributed by atoms with E-state index in [1.165, 1.54) is 30.7 Å². The van der Waals surface area contributed by atoms with Gasteiger partial charge in [0, 0.05) is 24.5 Å². The van der Waals surface area contributed by atoms with Crippen molar-refractivity contribution in [1.82, 2.24) is 25.5 Å². The van der Waals surface area contributed by atoms with Gasteiger partial charge in [0.05, 0.1) is 0 Å². The smallest absolute Gasteiger partial charge is 0.213 e. The van der Waals surface area contributed by atoms with Gasteiger partial charge in [0.15, 0.2) is 0 Å². The summed E-state index contributed by atoms with van der Waals surface area (Å²) in [6.45, 7) is 0.677. The minimum atomic E-state index is -0.215. The Hall–Kier alpha value is -1.47. The molecule has 0 unspecified atom stereocenters. The van der Waals surface area contributed by atoms with Crippen LogP contribution in [-0.2, 0) is 13.6 Å². The highest BCUT2D eigenvalue weighted by Crippen LogP contribution is 2.29. The summed E-state index contributed by atoms with van der Waals surface area (Å²) < 4.78 is 15.0. The monoisotopic (exact) mass is 279 g/mol. The van der Waals surface area contributed by atoms with Gasteiger partial charge in [-0.3, -0.25) is 0 Å². The second-order valence-corrected chi connectivity index (χ2v) is 5.60. The molecule has 3 rings (SSSR count). The van der Waals surface area contributed by atoms with Gasteiger partial charge in [-0.15, -0.1) is 5.10 Å². The molecule has 19 heavy (non-hydrogen) atoms. The van der Waals surface area contributed by atoms with Gasteiger partial charge in [0.25, 0.3) is 0 Å². The standard InChI is InChI=1S/C12H14FN5S/c1-18-12(15-16-17-18)19-11-5-2-9(13)6-8(11)7-14-10-3-4-10/h2,5-6,10,14H,3-4,7H2,1H3. The molecule has 1 aliphatic carbocycles. The molecule has 1 fully saturated rings. The maximum Gasteiger partial charge on any atom is 0.213 e. The Balaban J connectivity index is 1.80. The summed E-state index contributed by atoms with van der Waals surface area (Å²) >= 11 is 1.45. The Morgan fingerprint density at radius 3 is 3.00 bits per heavy atom. The molecule has 5 nitrogen and oxygen atoms in total. The van der Waals surface area contributed by atoms with E-state index in [-0.39, 0.29) is 5.82 Å². The Morgan fingerprint density at radius 1 is 1.47 bits per heavy atom. The Kier molecular flexibility index (Phi) is 3.48. The number of halogens is 1. The molecule has 1 heterocycles. The normalized spacial score (nSPS) is 14.8. The van der Waals surface area contributed by atoms with Crippen molar-refractivity contribution in [2.45, 2.75) is 35.5 Å². The predicted molar refractivity (Wildman–Crippen MR) is 69.2 cm³/mol. The van der Waals surface area contributed by atoms with Crippen LogP contribution >= 0.6 is 11.8 Å². The van der Waals surface area contributed by atoms with E-state index in [9.17, 15) is 4.39 Å². The fraction of sp³-hybridized carbons (Fsp3) is 0.417. The van der Waals surface area contributed by atoms with Gasteiger partial charge in [-0.25, -0.2) is 9.07 Å². The van der Waals surface area contributed by atoms with Crippen LogP contribution in [0.25, 0.3) is 0 Å². The van der Waals surface area contributed by atoms with Crippen molar-refractivity contribution in [1.29, 1.82) is 0 Å². The van der Waals surface area contributed by atoms with Crippen LogP contribution in [0.2, 0.25) is 0 Å². The number of aryl methyl sites for hydroxylation is 1. The fourth-order valence-electron chi connectivity index (χ4n) is 1.73. The third-order valence-electron chi connectivity index (χ3n) is 2.96. The largest absolute Gasteiger partial charge is 0.310 e. The van der Waals surface area contributed by atoms with E-state index in [4.69, 9.17) is 0 Å². The first-order valence-corrected chi connectivity index (χ1v) is 6.96. The molecule has 1 N–H and O–H groups in total. The molecule has 100 valence electrons. The molecule has 0 amide bonds. The van der Waals surface area contributed by atoms with Crippen molar-refractivity contribution in [3.63, 3.8) is 0 Å². The van der Waals surface area contributed by atoms with E-state index in [0.29, 0.717) is 17.7 Å². The number of aromatic nitrogens is 4. The molecule has 1 saturated carbocycles. The molecule has 0 bridgehead atoms. The average molecular weight is 279 g/mol. The molecule has 0 atom stereocenters. The van der Waals surface area contributed by atoms with Gasteiger partial charge in [0.1, 0.15) is 5.82 Å². The van der Waals surface area contributed by atoms with Gasteiger partial charge < -0.3 is 5.32 Å². The number of tetrazole rings is 1. The average Bonchev–Trinajstić information content (AvgIpc) is 3.14. The minimum Gasteiger partial charge on any atom is -0.310 e. The number of hydrogen-bond donors (Lipinski definition) is 1. The number of hydrogen-bond acceptors (Lipinski definition) is 5. The topological polar surface area (TPSA) is 55.6 Å². The van der Waals surface area contributed by atoms with Crippen molar-refractivity contribution in [3.8, 4) is 0 Å². The molecular formula is C12H14FN5S. The molecule has 7 heteroatoms. The fourth-order valence-corrected chi connectivity index (χ4v) is 2.57. The van der Waals surface area contributed by atoms with E-state index in [2.05, 4.69) is 20.8 Å². The molecule has 2 aromatic rings. The molecule has 1 aromatic carbocycles. The SMILES string of the molecule is Cn1nnnc1Sc1ccc(F)cc1CNC1CC1. The highest BCUT2D eigenvalue weighted by molar-refractivity contribution is 7.99. The van der Waals surface area contributed by atoms with Crippen LogP contribution in [0.1, 0.15) is 18.4 Å². The van der Waals surface area contributed by atoms with E-state index in [1.807, 2.05) is 0 Å². The van der Waals surface area contributed by atoms with Crippen molar-refractivity contribution in [3.05, 3.63) is 29.6 Å². The summed E-state index contributed by atoms with van der Waals surface area (Å²) in [6, 6.07) is 5.41. The third kappa shape index (κ3) is 3.10. The predicted octanol–water partition coefficient (Wildman–Crippen LogP) is 1.75. The van der Waals surface area contributed by atoms with Gasteiger partial charge in [-0.05, 0) is 58.8 Å². The molecule has 0 saturated heterocycles. The maximum atomic E-state index is 13.4. The first-order chi connectivity index (χ1) is 9.22. The van der Waals surface area contributed by atoms with Crippen LogP contribution in [0.15, 0.2) is 28.3 Å². The summed E-state index contributed by atoms with van der Waals surface area (Å²) in [7, 11) is 1.79. The zero-order valence-electron chi connectivity index (χ0n) is 10.5. The minimum absolute atomic E-state index is 0.215. The van der Waals surface area contributed by atoms with E-state index >= 15 is 0 Å². The number of benzene rings is 1. The highest BCUT2D eigenvalue weighted by Gasteiger charge is 2.21. The lowest BCUT2D eigenvalue weighted by Crippen LogP contribution is -2.16. The zero-order valence-corrected chi connectivity index (χ0v) is 11.3. The van der Waals surface area contributed by atoms with Gasteiger partial charge in [-0.2, -0.15) is 0 Å².